The largest absolute Gasteiger partial charge is 0.481 e. The normalized spacial score (nSPS) is 16.4. The van der Waals surface area contributed by atoms with E-state index >= 15 is 0 Å². The van der Waals surface area contributed by atoms with Gasteiger partial charge in [0.25, 0.3) is 0 Å². The molecule has 60 heavy (non-hydrogen) atoms. The van der Waals surface area contributed by atoms with E-state index in [4.69, 9.17) is 5.73 Å². The lowest BCUT2D eigenvalue weighted by molar-refractivity contribution is -0.147. The third-order valence-electron chi connectivity index (χ3n) is 10.0. The second-order valence-electron chi connectivity index (χ2n) is 15.9. The fourth-order valence-corrected chi connectivity index (χ4v) is 7.06. The van der Waals surface area contributed by atoms with E-state index in [0.717, 1.165) is 10.9 Å². The Morgan fingerprint density at radius 3 is 2.12 bits per heavy atom. The van der Waals surface area contributed by atoms with Gasteiger partial charge in [0.1, 0.15) is 30.2 Å². The number of benzene rings is 1. The van der Waals surface area contributed by atoms with E-state index in [9.17, 15) is 48.6 Å². The molecule has 1 fully saturated rings. The van der Waals surface area contributed by atoms with Crippen LogP contribution in [0.15, 0.2) is 43.0 Å². The Labute approximate surface area is 346 Å². The van der Waals surface area contributed by atoms with Crippen molar-refractivity contribution >= 4 is 58.3 Å². The summed E-state index contributed by atoms with van der Waals surface area (Å²) in [5.74, 6) is -7.14. The Morgan fingerprint density at radius 1 is 0.817 bits per heavy atom. The lowest BCUT2D eigenvalue weighted by Gasteiger charge is -2.28. The molecule has 6 atom stereocenters. The molecule has 3 heterocycles. The standard InChI is InChI=1S/C40H56N10O10/c1-21(2)12-26(41)35(54)46-30(15-24-18-42-20-45-24)36(55)44-19-33(51)50-11-7-10-32(50)39(58)48-28(13-22(3)4)37(56)47-29(38(57)49-31(40(59)60)16-34(52)53)14-23-17-43-27-9-6-5-8-25(23)27/h5-6,8-9,17-18,20-22,26,28-32,43H,7,10-16,19,41H2,1-4H3,(H,42,45)(H,44,55)(H,46,54)(H,47,56)(H,48,58)(H,49,57)(H,52,53)(H,59,60)/t26-,28-,29-,30-,31-,32-/m0/s1. The van der Waals surface area contributed by atoms with Crippen molar-refractivity contribution in [2.24, 2.45) is 17.6 Å². The molecule has 1 aliphatic heterocycles. The number of nitrogens with zero attached hydrogens (tertiary/aromatic N) is 2. The summed E-state index contributed by atoms with van der Waals surface area (Å²) in [7, 11) is 0. The Morgan fingerprint density at radius 2 is 1.47 bits per heavy atom. The predicted molar refractivity (Wildman–Crippen MR) is 217 cm³/mol. The maximum Gasteiger partial charge on any atom is 0.326 e. The van der Waals surface area contributed by atoms with Crippen molar-refractivity contribution in [1.82, 2.24) is 46.4 Å². The number of nitrogens with one attached hydrogen (secondary N) is 7. The summed E-state index contributed by atoms with van der Waals surface area (Å²) < 4.78 is 0. The number of carbonyl (C=O) groups is 8. The van der Waals surface area contributed by atoms with E-state index in [1.165, 1.54) is 17.4 Å². The van der Waals surface area contributed by atoms with Gasteiger partial charge < -0.3 is 57.4 Å². The van der Waals surface area contributed by atoms with Gasteiger partial charge in [-0.25, -0.2) is 9.78 Å². The molecule has 6 amide bonds. The number of nitrogens with two attached hydrogens (primary N) is 1. The van der Waals surface area contributed by atoms with Crippen molar-refractivity contribution in [2.75, 3.05) is 13.1 Å². The summed E-state index contributed by atoms with van der Waals surface area (Å²) in [4.78, 5) is 116. The Hall–Kier alpha value is -6.31. The quantitative estimate of drug-likeness (QED) is 0.0624. The number of hydrogen-bond acceptors (Lipinski definition) is 10. The van der Waals surface area contributed by atoms with Gasteiger partial charge in [0.2, 0.25) is 35.4 Å². The van der Waals surface area contributed by atoms with Crippen molar-refractivity contribution in [1.29, 1.82) is 0 Å². The second kappa shape index (κ2) is 21.6. The number of fused-ring (bicyclic) bond motifs is 1. The van der Waals surface area contributed by atoms with Gasteiger partial charge in [-0.05, 0) is 49.1 Å². The summed E-state index contributed by atoms with van der Waals surface area (Å²) in [6, 6.07) is -0.120. The summed E-state index contributed by atoms with van der Waals surface area (Å²) in [6.07, 6.45) is 4.83. The molecule has 1 aliphatic rings. The highest BCUT2D eigenvalue weighted by Crippen LogP contribution is 2.21. The summed E-state index contributed by atoms with van der Waals surface area (Å²) in [5.41, 5.74) is 7.96. The molecule has 3 aromatic rings. The predicted octanol–water partition coefficient (Wildman–Crippen LogP) is -0.299. The summed E-state index contributed by atoms with van der Waals surface area (Å²) >= 11 is 0. The number of H-pyrrole nitrogens is 2. The molecule has 20 nitrogen and oxygen atoms in total. The lowest BCUT2D eigenvalue weighted by Crippen LogP contribution is -2.58. The zero-order valence-electron chi connectivity index (χ0n) is 34.2. The fourth-order valence-electron chi connectivity index (χ4n) is 7.06. The Bertz CT molecular complexity index is 2000. The molecule has 1 saturated heterocycles. The van der Waals surface area contributed by atoms with Crippen LogP contribution in [0.1, 0.15) is 71.1 Å². The van der Waals surface area contributed by atoms with Crippen LogP contribution in [0.25, 0.3) is 10.9 Å². The highest BCUT2D eigenvalue weighted by atomic mass is 16.4. The minimum atomic E-state index is -1.78. The van der Waals surface area contributed by atoms with Crippen LogP contribution < -0.4 is 32.3 Å². The average Bonchev–Trinajstić information content (AvgIpc) is 3.97. The number of imidazole rings is 1. The molecular formula is C40H56N10O10. The van der Waals surface area contributed by atoms with Crippen LogP contribution >= 0.6 is 0 Å². The third-order valence-corrected chi connectivity index (χ3v) is 10.0. The number of carbonyl (C=O) groups excluding carboxylic acids is 6. The van der Waals surface area contributed by atoms with E-state index in [1.54, 1.807) is 24.4 Å². The minimum Gasteiger partial charge on any atom is -0.481 e. The highest BCUT2D eigenvalue weighted by Gasteiger charge is 2.38. The molecule has 11 N–H and O–H groups in total. The molecule has 4 rings (SSSR count). The molecule has 0 bridgehead atoms. The van der Waals surface area contributed by atoms with E-state index in [0.29, 0.717) is 24.1 Å². The monoisotopic (exact) mass is 836 g/mol. The van der Waals surface area contributed by atoms with Crippen LogP contribution in [0.2, 0.25) is 0 Å². The Kier molecular flexibility index (Phi) is 16.7. The average molecular weight is 837 g/mol. The molecule has 0 radical (unpaired) electrons. The lowest BCUT2D eigenvalue weighted by atomic mass is 10.00. The van der Waals surface area contributed by atoms with Crippen LogP contribution in [0.4, 0.5) is 0 Å². The van der Waals surface area contributed by atoms with Gasteiger partial charge in [-0.3, -0.25) is 33.6 Å². The van der Waals surface area contributed by atoms with Crippen LogP contribution in [0.3, 0.4) is 0 Å². The van der Waals surface area contributed by atoms with Crippen LogP contribution in [0.5, 0.6) is 0 Å². The number of rotatable bonds is 22. The number of aromatic amines is 2. The van der Waals surface area contributed by atoms with Gasteiger partial charge in [-0.15, -0.1) is 0 Å². The molecule has 0 unspecified atom stereocenters. The molecule has 1 aromatic carbocycles. The number of carboxylic acid groups (broad SMARTS) is 2. The molecular weight excluding hydrogens is 780 g/mol. The van der Waals surface area contributed by atoms with Gasteiger partial charge in [0.05, 0.1) is 25.3 Å². The van der Waals surface area contributed by atoms with E-state index < -0.39 is 96.6 Å². The maximum atomic E-state index is 14.0. The first kappa shape index (κ1) is 46.4. The number of para-hydroxylation sites is 1. The molecule has 0 spiro atoms. The number of likely N-dealkylation sites (tertiary alicyclic amines) is 1. The smallest absolute Gasteiger partial charge is 0.326 e. The van der Waals surface area contributed by atoms with Crippen molar-refractivity contribution < 1.29 is 48.6 Å². The first-order valence-corrected chi connectivity index (χ1v) is 19.9. The molecule has 0 aliphatic carbocycles. The zero-order valence-corrected chi connectivity index (χ0v) is 34.2. The van der Waals surface area contributed by atoms with Crippen LogP contribution in [0, 0.1) is 11.8 Å². The molecule has 326 valence electrons. The van der Waals surface area contributed by atoms with Crippen LogP contribution in [-0.4, -0.2) is 127 Å². The second-order valence-corrected chi connectivity index (χ2v) is 15.9. The summed E-state index contributed by atoms with van der Waals surface area (Å²) in [5, 5.41) is 32.4. The Balaban J connectivity index is 1.46. The zero-order chi connectivity index (χ0) is 44.1. The summed E-state index contributed by atoms with van der Waals surface area (Å²) in [6.45, 7) is 7.17. The first-order valence-electron chi connectivity index (χ1n) is 19.9. The van der Waals surface area contributed by atoms with Crippen molar-refractivity contribution in [3.63, 3.8) is 0 Å². The minimum absolute atomic E-state index is 0.0426. The molecule has 2 aromatic heterocycles. The highest BCUT2D eigenvalue weighted by molar-refractivity contribution is 5.97. The molecule has 20 heteroatoms. The van der Waals surface area contributed by atoms with Gasteiger partial charge in [-0.1, -0.05) is 45.9 Å². The van der Waals surface area contributed by atoms with Gasteiger partial charge in [0, 0.05) is 48.4 Å². The SMILES string of the molecule is CC(C)C[C@H](NC(=O)[C@@H]1CCCN1C(=O)CNC(=O)[C@H](Cc1cnc[nH]1)NC(=O)[C@@H](N)CC(C)C)C(=O)N[C@@H](Cc1c[nH]c2ccccc12)C(=O)N[C@@H](CC(=O)O)C(=O)O. The fraction of sp³-hybridized carbons (Fsp3) is 0.525. The number of aliphatic carboxylic acids is 2. The van der Waals surface area contributed by atoms with Crippen molar-refractivity contribution in [2.45, 2.75) is 109 Å². The van der Waals surface area contributed by atoms with Gasteiger partial charge in [-0.2, -0.15) is 0 Å². The van der Waals surface area contributed by atoms with Crippen LogP contribution in [-0.2, 0) is 51.2 Å². The third kappa shape index (κ3) is 13.4. The maximum absolute atomic E-state index is 14.0. The van der Waals surface area contributed by atoms with Crippen molar-refractivity contribution in [3.05, 3.63) is 54.2 Å². The first-order chi connectivity index (χ1) is 28.4. The number of carboxylic acids is 2. The topological polar surface area (TPSA) is 311 Å². The van der Waals surface area contributed by atoms with E-state index in [2.05, 4.69) is 41.5 Å². The van der Waals surface area contributed by atoms with Crippen molar-refractivity contribution in [3.8, 4) is 0 Å². The van der Waals surface area contributed by atoms with Gasteiger partial charge in [0.15, 0.2) is 0 Å². The van der Waals surface area contributed by atoms with E-state index in [-0.39, 0.29) is 44.1 Å². The number of amides is 6. The van der Waals surface area contributed by atoms with Gasteiger partial charge >= 0.3 is 11.9 Å². The number of hydrogen-bond donors (Lipinski definition) is 10. The van der Waals surface area contributed by atoms with E-state index in [1.807, 2.05) is 33.8 Å². The number of aromatic nitrogens is 3. The molecule has 0 saturated carbocycles.